The standard InChI is InChI=1S/C42H62F6N6O8/c1-8-26(6)31(23-49-30(38(59)61-7)22-27-14-10-9-11-15-27)51-35(56)33-17-13-18-53(33)36(57)28(20-24(2)3)50-34(55)32-16-12-19-54(32)37(58)29(21-25(4)5)52-40(60)62-39(41(43,44)45)42(46,47)48/h9-11,14-15,24-26,28-33,39,49H,8,12-13,16-23H2,1-7H3,(H,50,55)(H,51,56)(H,52,60)/t26-,28-,29-,30-,31+,32-,33-/m0/s1. The van der Waals surface area contributed by atoms with Crippen LogP contribution >= 0.6 is 0 Å². The number of rotatable bonds is 20. The number of carbonyl (C=O) groups excluding carboxylic acids is 6. The minimum atomic E-state index is -5.97. The van der Waals surface area contributed by atoms with Gasteiger partial charge in [0.15, 0.2) is 0 Å². The molecular formula is C42H62F6N6O8. The second kappa shape index (κ2) is 23.2. The van der Waals surface area contributed by atoms with Crippen LogP contribution in [-0.4, -0.2) is 127 Å². The predicted octanol–water partition coefficient (Wildman–Crippen LogP) is 5.04. The number of nitrogens with one attached hydrogen (secondary N) is 4. The molecular weight excluding hydrogens is 830 g/mol. The van der Waals surface area contributed by atoms with Gasteiger partial charge in [0, 0.05) is 25.7 Å². The van der Waals surface area contributed by atoms with E-state index in [4.69, 9.17) is 4.74 Å². The number of halogens is 6. The number of esters is 1. The minimum Gasteiger partial charge on any atom is -0.468 e. The molecule has 0 saturated carbocycles. The number of alkyl halides is 6. The summed E-state index contributed by atoms with van der Waals surface area (Å²) in [6.45, 7) is 11.2. The van der Waals surface area contributed by atoms with Crippen LogP contribution in [0, 0.1) is 17.8 Å². The molecule has 0 aliphatic carbocycles. The number of nitrogens with zero attached hydrogens (tertiary/aromatic N) is 2. The van der Waals surface area contributed by atoms with Crippen molar-refractivity contribution in [1.82, 2.24) is 31.1 Å². The first kappa shape index (κ1) is 51.7. The van der Waals surface area contributed by atoms with Gasteiger partial charge in [-0.15, -0.1) is 0 Å². The lowest BCUT2D eigenvalue weighted by Gasteiger charge is -2.33. The molecule has 2 aliphatic rings. The zero-order valence-electron chi connectivity index (χ0n) is 36.4. The summed E-state index contributed by atoms with van der Waals surface area (Å²) in [6.07, 6.45) is -16.2. The molecule has 2 saturated heterocycles. The lowest BCUT2D eigenvalue weighted by molar-refractivity contribution is -0.307. The molecule has 0 bridgehead atoms. The highest BCUT2D eigenvalue weighted by Crippen LogP contribution is 2.36. The number of benzene rings is 1. The van der Waals surface area contributed by atoms with Crippen LogP contribution in [0.3, 0.4) is 0 Å². The molecule has 0 spiro atoms. The second-order valence-electron chi connectivity index (χ2n) is 16.9. The van der Waals surface area contributed by atoms with E-state index >= 15 is 0 Å². The van der Waals surface area contributed by atoms with Gasteiger partial charge in [0.25, 0.3) is 6.10 Å². The third kappa shape index (κ3) is 15.0. The Kier molecular flexibility index (Phi) is 19.3. The molecule has 3 rings (SSSR count). The highest BCUT2D eigenvalue weighted by Gasteiger charge is 2.60. The van der Waals surface area contributed by atoms with Gasteiger partial charge >= 0.3 is 24.4 Å². The average molecular weight is 893 g/mol. The Morgan fingerprint density at radius 3 is 1.66 bits per heavy atom. The van der Waals surface area contributed by atoms with Crippen molar-refractivity contribution in [3.63, 3.8) is 0 Å². The van der Waals surface area contributed by atoms with Gasteiger partial charge in [-0.3, -0.25) is 24.0 Å². The van der Waals surface area contributed by atoms with Crippen LogP contribution in [0.1, 0.15) is 92.1 Å². The number of amides is 5. The van der Waals surface area contributed by atoms with Gasteiger partial charge in [-0.25, -0.2) is 4.79 Å². The van der Waals surface area contributed by atoms with Gasteiger partial charge < -0.3 is 40.5 Å². The van der Waals surface area contributed by atoms with Gasteiger partial charge in [0.2, 0.25) is 23.6 Å². The van der Waals surface area contributed by atoms with Gasteiger partial charge in [-0.05, 0) is 68.3 Å². The van der Waals surface area contributed by atoms with E-state index in [9.17, 15) is 55.1 Å². The molecule has 350 valence electrons. The third-order valence-electron chi connectivity index (χ3n) is 11.1. The fourth-order valence-corrected chi connectivity index (χ4v) is 7.72. The molecule has 5 amide bonds. The number of hydrogen-bond donors (Lipinski definition) is 4. The maximum atomic E-state index is 14.3. The first-order chi connectivity index (χ1) is 29.0. The number of carbonyl (C=O) groups is 6. The van der Waals surface area contributed by atoms with E-state index in [2.05, 4.69) is 20.7 Å². The zero-order valence-corrected chi connectivity index (χ0v) is 36.4. The maximum Gasteiger partial charge on any atom is 0.434 e. The molecule has 62 heavy (non-hydrogen) atoms. The van der Waals surface area contributed by atoms with Gasteiger partial charge in [0.1, 0.15) is 30.2 Å². The van der Waals surface area contributed by atoms with E-state index in [1.54, 1.807) is 13.8 Å². The normalized spacial score (nSPS) is 19.5. The molecule has 0 radical (unpaired) electrons. The average Bonchev–Trinajstić information content (AvgIpc) is 3.90. The second-order valence-corrected chi connectivity index (χ2v) is 16.9. The van der Waals surface area contributed by atoms with E-state index in [-0.39, 0.29) is 56.7 Å². The quantitative estimate of drug-likeness (QED) is 0.103. The molecule has 4 N–H and O–H groups in total. The van der Waals surface area contributed by atoms with Crippen LogP contribution < -0.4 is 21.3 Å². The summed E-state index contributed by atoms with van der Waals surface area (Å²) >= 11 is 0. The van der Waals surface area contributed by atoms with Crippen molar-refractivity contribution in [2.75, 3.05) is 26.7 Å². The van der Waals surface area contributed by atoms with E-state index in [1.807, 2.05) is 63.3 Å². The van der Waals surface area contributed by atoms with Crippen LogP contribution in [-0.2, 0) is 39.9 Å². The topological polar surface area (TPSA) is 175 Å². The number of methoxy groups -OCH3 is 1. The molecule has 1 aromatic rings. The van der Waals surface area contributed by atoms with Crippen molar-refractivity contribution in [3.8, 4) is 0 Å². The SMILES string of the molecule is CC[C@H](C)[C@@H](CN[C@@H](Cc1ccccc1)C(=O)OC)NC(=O)[C@@H]1CCCN1C(=O)[C@H](CC(C)C)NC(=O)[C@@H]1CCCN1C(=O)[C@H](CC(C)C)NC(=O)OC(C(F)(F)F)C(F)(F)F. The summed E-state index contributed by atoms with van der Waals surface area (Å²) in [5.41, 5.74) is 0.915. The van der Waals surface area contributed by atoms with Crippen molar-refractivity contribution in [1.29, 1.82) is 0 Å². The molecule has 0 unspecified atom stereocenters. The highest BCUT2D eigenvalue weighted by molar-refractivity contribution is 5.96. The number of ether oxygens (including phenoxy) is 2. The first-order valence-electron chi connectivity index (χ1n) is 21.2. The number of alkyl carbamates (subject to hydrolysis) is 1. The summed E-state index contributed by atoms with van der Waals surface area (Å²) in [6, 6.07) is 3.44. The Morgan fingerprint density at radius 1 is 0.726 bits per heavy atom. The maximum absolute atomic E-state index is 14.3. The fourth-order valence-electron chi connectivity index (χ4n) is 7.72. The highest BCUT2D eigenvalue weighted by atomic mass is 19.4. The smallest absolute Gasteiger partial charge is 0.434 e. The van der Waals surface area contributed by atoms with Crippen LogP contribution in [0.15, 0.2) is 30.3 Å². The van der Waals surface area contributed by atoms with Crippen molar-refractivity contribution in [3.05, 3.63) is 35.9 Å². The van der Waals surface area contributed by atoms with Crippen LogP contribution in [0.25, 0.3) is 0 Å². The molecule has 7 atom stereocenters. The Hall–Kier alpha value is -4.62. The van der Waals surface area contributed by atoms with E-state index in [0.29, 0.717) is 32.1 Å². The van der Waals surface area contributed by atoms with Gasteiger partial charge in [-0.2, -0.15) is 26.3 Å². The molecule has 2 fully saturated rings. The largest absolute Gasteiger partial charge is 0.468 e. The molecule has 2 heterocycles. The Bertz CT molecular complexity index is 1650. The van der Waals surface area contributed by atoms with Crippen LogP contribution in [0.4, 0.5) is 31.1 Å². The first-order valence-corrected chi connectivity index (χ1v) is 21.2. The lowest BCUT2D eigenvalue weighted by atomic mass is 9.97. The summed E-state index contributed by atoms with van der Waals surface area (Å²) in [5.74, 6) is -3.56. The fraction of sp³-hybridized carbons (Fsp3) is 0.714. The van der Waals surface area contributed by atoms with Crippen molar-refractivity contribution in [2.24, 2.45) is 17.8 Å². The lowest BCUT2D eigenvalue weighted by Crippen LogP contribution is -2.59. The predicted molar refractivity (Wildman–Crippen MR) is 215 cm³/mol. The van der Waals surface area contributed by atoms with Gasteiger partial charge in [-0.1, -0.05) is 78.3 Å². The molecule has 14 nitrogen and oxygen atoms in total. The molecule has 1 aromatic carbocycles. The number of hydrogen-bond acceptors (Lipinski definition) is 9. The van der Waals surface area contributed by atoms with Crippen molar-refractivity contribution < 1.29 is 64.6 Å². The number of likely N-dealkylation sites (tertiary alicyclic amines) is 2. The monoisotopic (exact) mass is 892 g/mol. The van der Waals surface area contributed by atoms with E-state index < -0.39 is 90.4 Å². The summed E-state index contributed by atoms with van der Waals surface area (Å²) in [5, 5.41) is 10.9. The van der Waals surface area contributed by atoms with Crippen LogP contribution in [0.2, 0.25) is 0 Å². The molecule has 2 aliphatic heterocycles. The summed E-state index contributed by atoms with van der Waals surface area (Å²) in [7, 11) is 1.30. The van der Waals surface area contributed by atoms with E-state index in [1.165, 1.54) is 12.0 Å². The van der Waals surface area contributed by atoms with Crippen molar-refractivity contribution in [2.45, 2.75) is 148 Å². The Balaban J connectivity index is 1.75. The van der Waals surface area contributed by atoms with E-state index in [0.717, 1.165) is 10.5 Å². The molecule has 20 heteroatoms. The summed E-state index contributed by atoms with van der Waals surface area (Å²) in [4.78, 5) is 83.6. The van der Waals surface area contributed by atoms with Crippen LogP contribution in [0.5, 0.6) is 0 Å². The Labute approximate surface area is 358 Å². The van der Waals surface area contributed by atoms with Gasteiger partial charge in [0.05, 0.1) is 7.11 Å². The minimum absolute atomic E-state index is 0.0219. The molecule has 0 aromatic heterocycles. The zero-order chi connectivity index (χ0) is 46.5. The van der Waals surface area contributed by atoms with Crippen molar-refractivity contribution >= 4 is 35.7 Å². The Morgan fingerprint density at radius 2 is 1.21 bits per heavy atom. The summed E-state index contributed by atoms with van der Waals surface area (Å²) < 4.78 is 87.3. The third-order valence-corrected chi connectivity index (χ3v) is 11.1.